The number of benzene rings is 2. The van der Waals surface area contributed by atoms with Crippen molar-refractivity contribution in [2.24, 2.45) is 0 Å². The minimum atomic E-state index is -0.391. The van der Waals surface area contributed by atoms with Crippen molar-refractivity contribution in [2.45, 2.75) is 12.5 Å². The Morgan fingerprint density at radius 3 is 2.30 bits per heavy atom. The highest BCUT2D eigenvalue weighted by Crippen LogP contribution is 2.25. The molecule has 0 N–H and O–H groups in total. The van der Waals surface area contributed by atoms with Gasteiger partial charge in [0.25, 0.3) is 0 Å². The van der Waals surface area contributed by atoms with Gasteiger partial charge in [-0.05, 0) is 31.8 Å². The molecule has 0 aliphatic rings. The molecule has 0 saturated carbocycles. The fraction of sp³-hybridized carbons (Fsp3) is 0.278. The van der Waals surface area contributed by atoms with E-state index in [1.54, 1.807) is 24.3 Å². The van der Waals surface area contributed by atoms with Gasteiger partial charge in [0.2, 0.25) is 0 Å². The van der Waals surface area contributed by atoms with E-state index >= 15 is 0 Å². The Balaban J connectivity index is 0.00000264. The molecule has 0 fully saturated rings. The quantitative estimate of drug-likeness (QED) is 0.710. The first-order chi connectivity index (χ1) is 10.6. The Bertz CT molecular complexity index is 617. The van der Waals surface area contributed by atoms with Gasteiger partial charge in [-0.3, -0.25) is 0 Å². The maximum absolute atomic E-state index is 12.4. The number of hydrogen-bond donors (Lipinski definition) is 0. The lowest BCUT2D eigenvalue weighted by atomic mass is 10.1. The molecule has 2 aromatic rings. The molecule has 0 aliphatic carbocycles. The van der Waals surface area contributed by atoms with E-state index in [0.29, 0.717) is 10.6 Å². The topological polar surface area (TPSA) is 29.5 Å². The Labute approximate surface area is 148 Å². The Morgan fingerprint density at radius 1 is 1.09 bits per heavy atom. The van der Waals surface area contributed by atoms with E-state index in [-0.39, 0.29) is 18.5 Å². The van der Waals surface area contributed by atoms with Crippen molar-refractivity contribution >= 4 is 30.0 Å². The smallest absolute Gasteiger partial charge is 0.340 e. The van der Waals surface area contributed by atoms with Crippen LogP contribution in [0, 0.1) is 0 Å². The van der Waals surface area contributed by atoms with Gasteiger partial charge in [0.1, 0.15) is 6.10 Å². The van der Waals surface area contributed by atoms with Gasteiger partial charge in [0.05, 0.1) is 10.6 Å². The van der Waals surface area contributed by atoms with Crippen molar-refractivity contribution in [2.75, 3.05) is 20.6 Å². The van der Waals surface area contributed by atoms with Crippen molar-refractivity contribution in [3.05, 3.63) is 70.7 Å². The highest BCUT2D eigenvalue weighted by Gasteiger charge is 2.19. The molecule has 0 saturated heterocycles. The van der Waals surface area contributed by atoms with E-state index in [9.17, 15) is 4.79 Å². The van der Waals surface area contributed by atoms with Crippen LogP contribution in [0.5, 0.6) is 0 Å². The van der Waals surface area contributed by atoms with E-state index in [1.165, 1.54) is 0 Å². The summed E-state index contributed by atoms with van der Waals surface area (Å²) in [5.41, 5.74) is 1.39. The van der Waals surface area contributed by atoms with Gasteiger partial charge in [-0.2, -0.15) is 0 Å². The largest absolute Gasteiger partial charge is 0.454 e. The van der Waals surface area contributed by atoms with E-state index in [0.717, 1.165) is 18.5 Å². The number of rotatable bonds is 6. The first kappa shape index (κ1) is 19.5. The molecule has 2 rings (SSSR count). The third-order valence-corrected chi connectivity index (χ3v) is 3.68. The van der Waals surface area contributed by atoms with Crippen LogP contribution in [-0.2, 0) is 4.74 Å². The van der Waals surface area contributed by atoms with Crippen molar-refractivity contribution in [3.8, 4) is 0 Å². The summed E-state index contributed by atoms with van der Waals surface area (Å²) in [6.07, 6.45) is 0.445. The highest BCUT2D eigenvalue weighted by molar-refractivity contribution is 6.33. The molecule has 0 aliphatic heterocycles. The van der Waals surface area contributed by atoms with E-state index < -0.39 is 5.97 Å². The van der Waals surface area contributed by atoms with Crippen LogP contribution < -0.4 is 0 Å². The van der Waals surface area contributed by atoms with Crippen molar-refractivity contribution < 1.29 is 9.53 Å². The lowest BCUT2D eigenvalue weighted by Gasteiger charge is -2.20. The number of nitrogens with zero attached hydrogens (tertiary/aromatic N) is 1. The Morgan fingerprint density at radius 2 is 1.70 bits per heavy atom. The maximum Gasteiger partial charge on any atom is 0.340 e. The van der Waals surface area contributed by atoms with E-state index in [1.807, 2.05) is 44.4 Å². The second kappa shape index (κ2) is 9.56. The van der Waals surface area contributed by atoms with Gasteiger partial charge in [0, 0.05) is 13.0 Å². The minimum Gasteiger partial charge on any atom is -0.454 e. The molecule has 0 bridgehead atoms. The lowest BCUT2D eigenvalue weighted by molar-refractivity contribution is 0.0261. The van der Waals surface area contributed by atoms with Gasteiger partial charge in [-0.25, -0.2) is 4.79 Å². The Hall–Kier alpha value is -1.55. The highest BCUT2D eigenvalue weighted by atomic mass is 35.5. The van der Waals surface area contributed by atoms with Crippen LogP contribution in [0.1, 0.15) is 28.4 Å². The molecule has 1 unspecified atom stereocenters. The molecular formula is C18H21Cl2NO2. The molecular weight excluding hydrogens is 333 g/mol. The van der Waals surface area contributed by atoms with E-state index in [4.69, 9.17) is 16.3 Å². The second-order valence-corrected chi connectivity index (χ2v) is 5.78. The lowest BCUT2D eigenvalue weighted by Crippen LogP contribution is -2.19. The van der Waals surface area contributed by atoms with Crippen molar-refractivity contribution in [1.29, 1.82) is 0 Å². The zero-order valence-corrected chi connectivity index (χ0v) is 14.8. The summed E-state index contributed by atoms with van der Waals surface area (Å²) in [6, 6.07) is 16.7. The molecule has 0 aromatic heterocycles. The Kier molecular flexibility index (Phi) is 8.10. The number of hydrogen-bond acceptors (Lipinski definition) is 3. The summed E-state index contributed by atoms with van der Waals surface area (Å²) < 4.78 is 5.70. The molecule has 23 heavy (non-hydrogen) atoms. The maximum atomic E-state index is 12.4. The number of ether oxygens (including phenoxy) is 1. The van der Waals surface area contributed by atoms with Crippen LogP contribution in [0.25, 0.3) is 0 Å². The summed E-state index contributed by atoms with van der Waals surface area (Å²) >= 11 is 6.07. The van der Waals surface area contributed by atoms with Crippen LogP contribution >= 0.6 is 24.0 Å². The summed E-state index contributed by atoms with van der Waals surface area (Å²) in [6.45, 7) is 0.829. The van der Waals surface area contributed by atoms with E-state index in [2.05, 4.69) is 4.90 Å². The zero-order valence-electron chi connectivity index (χ0n) is 13.2. The first-order valence-electron chi connectivity index (χ1n) is 7.23. The molecule has 0 heterocycles. The molecule has 0 radical (unpaired) electrons. The van der Waals surface area contributed by atoms with Crippen LogP contribution in [-0.4, -0.2) is 31.5 Å². The fourth-order valence-electron chi connectivity index (χ4n) is 2.16. The van der Waals surface area contributed by atoms with Gasteiger partial charge in [0.15, 0.2) is 0 Å². The molecule has 5 heteroatoms. The normalized spacial score (nSPS) is 11.7. The summed E-state index contributed by atoms with van der Waals surface area (Å²) in [5.74, 6) is -0.391. The first-order valence-corrected chi connectivity index (χ1v) is 7.61. The fourth-order valence-corrected chi connectivity index (χ4v) is 2.37. The molecule has 2 aromatic carbocycles. The van der Waals surface area contributed by atoms with Crippen LogP contribution in [0.4, 0.5) is 0 Å². The number of esters is 1. The average molecular weight is 354 g/mol. The van der Waals surface area contributed by atoms with Gasteiger partial charge >= 0.3 is 5.97 Å². The number of carbonyl (C=O) groups excluding carboxylic acids is 1. The minimum absolute atomic E-state index is 0. The van der Waals surface area contributed by atoms with Crippen LogP contribution in [0.15, 0.2) is 54.6 Å². The zero-order chi connectivity index (χ0) is 15.9. The van der Waals surface area contributed by atoms with Gasteiger partial charge in [-0.1, -0.05) is 54.1 Å². The average Bonchev–Trinajstić information content (AvgIpc) is 2.52. The van der Waals surface area contributed by atoms with Crippen LogP contribution in [0.2, 0.25) is 5.02 Å². The third kappa shape index (κ3) is 5.87. The number of halogens is 2. The predicted octanol–water partition coefficient (Wildman–Crippen LogP) is 4.61. The monoisotopic (exact) mass is 353 g/mol. The molecule has 0 spiro atoms. The van der Waals surface area contributed by atoms with Crippen molar-refractivity contribution in [3.63, 3.8) is 0 Å². The molecule has 124 valence electrons. The SMILES string of the molecule is CN(C)CCC(OC(=O)c1ccccc1Cl)c1ccccc1.Cl. The molecule has 0 amide bonds. The third-order valence-electron chi connectivity index (χ3n) is 3.35. The predicted molar refractivity (Wildman–Crippen MR) is 96.5 cm³/mol. The number of carbonyl (C=O) groups is 1. The van der Waals surface area contributed by atoms with Gasteiger partial charge in [-0.15, -0.1) is 12.4 Å². The second-order valence-electron chi connectivity index (χ2n) is 5.38. The summed E-state index contributed by atoms with van der Waals surface area (Å²) in [7, 11) is 4.00. The summed E-state index contributed by atoms with van der Waals surface area (Å²) in [4.78, 5) is 14.4. The standard InChI is InChI=1S/C18H20ClNO2.ClH/c1-20(2)13-12-17(14-8-4-3-5-9-14)22-18(21)15-10-6-7-11-16(15)19;/h3-11,17H,12-13H2,1-2H3;1H. The van der Waals surface area contributed by atoms with Crippen LogP contribution in [0.3, 0.4) is 0 Å². The summed E-state index contributed by atoms with van der Waals surface area (Å²) in [5, 5.41) is 0.409. The van der Waals surface area contributed by atoms with Crippen molar-refractivity contribution in [1.82, 2.24) is 4.90 Å². The molecule has 3 nitrogen and oxygen atoms in total. The molecule has 1 atom stereocenters. The van der Waals surface area contributed by atoms with Gasteiger partial charge < -0.3 is 9.64 Å².